The number of aryl methyl sites for hydroxylation is 1. The maximum atomic E-state index is 4.63. The third kappa shape index (κ3) is 2.06. The Hall–Kier alpha value is -0.620. The Kier molecular flexibility index (Phi) is 2.94. The molecule has 2 heterocycles. The molecule has 120 valence electrons. The predicted octanol–water partition coefficient (Wildman–Crippen LogP) is 2.12. The largest absolute Gasteiger partial charge is 0.308 e. The Bertz CT molecular complexity index is 565. The molecule has 6 rings (SSSR count). The highest BCUT2D eigenvalue weighted by Crippen LogP contribution is 2.60. The first-order valence-corrected chi connectivity index (χ1v) is 9.93. The zero-order valence-corrected chi connectivity index (χ0v) is 14.1. The van der Waals surface area contributed by atoms with Crippen LogP contribution in [0.5, 0.6) is 0 Å². The summed E-state index contributed by atoms with van der Waals surface area (Å²) in [5.41, 5.74) is 0.491. The van der Waals surface area contributed by atoms with Crippen LogP contribution < -0.4 is 5.32 Å². The number of tetrazole rings is 1. The summed E-state index contributed by atoms with van der Waals surface area (Å²) >= 11 is 2.11. The summed E-state index contributed by atoms with van der Waals surface area (Å²) in [6, 6.07) is 0.726. The maximum Gasteiger partial charge on any atom is 0.171 e. The van der Waals surface area contributed by atoms with E-state index in [-0.39, 0.29) is 5.54 Å². The first-order chi connectivity index (χ1) is 10.6. The van der Waals surface area contributed by atoms with E-state index in [9.17, 15) is 0 Å². The maximum absolute atomic E-state index is 4.63. The van der Waals surface area contributed by atoms with Gasteiger partial charge in [-0.2, -0.15) is 16.6 Å². The van der Waals surface area contributed by atoms with Gasteiger partial charge in [-0.15, -0.1) is 10.2 Å². The van der Waals surface area contributed by atoms with Crippen molar-refractivity contribution in [2.75, 3.05) is 11.5 Å². The molecule has 22 heavy (non-hydrogen) atoms. The molecule has 4 bridgehead atoms. The van der Waals surface area contributed by atoms with Gasteiger partial charge in [0.25, 0.3) is 0 Å². The molecule has 1 aromatic heterocycles. The van der Waals surface area contributed by atoms with Gasteiger partial charge in [-0.3, -0.25) is 0 Å². The van der Waals surface area contributed by atoms with Gasteiger partial charge in [-0.25, -0.2) is 0 Å². The Balaban J connectivity index is 1.48. The first kappa shape index (κ1) is 13.8. The summed E-state index contributed by atoms with van der Waals surface area (Å²) in [5, 5.41) is 17.3. The number of aromatic nitrogens is 4. The van der Waals surface area contributed by atoms with E-state index in [1.807, 2.05) is 11.7 Å². The van der Waals surface area contributed by atoms with E-state index in [0.717, 1.165) is 23.7 Å². The monoisotopic (exact) mass is 319 g/mol. The lowest BCUT2D eigenvalue weighted by atomic mass is 9.50. The van der Waals surface area contributed by atoms with Gasteiger partial charge < -0.3 is 5.32 Å². The quantitative estimate of drug-likeness (QED) is 0.925. The van der Waals surface area contributed by atoms with Gasteiger partial charge in [0.2, 0.25) is 0 Å². The average molecular weight is 319 g/mol. The minimum atomic E-state index is 0.143. The van der Waals surface area contributed by atoms with E-state index in [1.165, 1.54) is 56.5 Å². The number of thioether (sulfide) groups is 1. The molecule has 5 aliphatic rings. The van der Waals surface area contributed by atoms with E-state index in [2.05, 4.69) is 32.5 Å². The van der Waals surface area contributed by atoms with E-state index >= 15 is 0 Å². The fraction of sp³-hybridized carbons (Fsp3) is 0.938. The molecular weight excluding hydrogens is 294 g/mol. The van der Waals surface area contributed by atoms with Crippen LogP contribution in [0, 0.1) is 18.8 Å². The van der Waals surface area contributed by atoms with Crippen LogP contribution >= 0.6 is 11.8 Å². The first-order valence-electron chi connectivity index (χ1n) is 8.77. The molecule has 0 amide bonds. The molecular formula is C16H25N5S. The summed E-state index contributed by atoms with van der Waals surface area (Å²) in [6.45, 7) is 1.95. The van der Waals surface area contributed by atoms with E-state index in [4.69, 9.17) is 0 Å². The Morgan fingerprint density at radius 2 is 2.05 bits per heavy atom. The second-order valence-electron chi connectivity index (χ2n) is 8.30. The molecule has 4 aliphatic carbocycles. The Morgan fingerprint density at radius 1 is 1.23 bits per heavy atom. The number of rotatable bonds is 3. The van der Waals surface area contributed by atoms with E-state index in [0.29, 0.717) is 5.54 Å². The molecule has 4 saturated carbocycles. The average Bonchev–Trinajstić information content (AvgIpc) is 3.08. The SMILES string of the molecule is Cc1nnn(C23CC4CC(CC(NC5CCSC5)(C4)C2)C3)n1. The number of hydrogen-bond donors (Lipinski definition) is 1. The number of nitrogens with one attached hydrogen (secondary N) is 1. The second-order valence-corrected chi connectivity index (χ2v) is 9.45. The van der Waals surface area contributed by atoms with Gasteiger partial charge in [-0.1, -0.05) is 0 Å². The summed E-state index contributed by atoms with van der Waals surface area (Å²) in [5.74, 6) is 5.15. The summed E-state index contributed by atoms with van der Waals surface area (Å²) in [6.07, 6.45) is 9.27. The molecule has 6 heteroatoms. The van der Waals surface area contributed by atoms with Gasteiger partial charge in [0, 0.05) is 17.3 Å². The van der Waals surface area contributed by atoms with Crippen LogP contribution in [-0.2, 0) is 5.54 Å². The van der Waals surface area contributed by atoms with Crippen molar-refractivity contribution >= 4 is 11.8 Å². The van der Waals surface area contributed by atoms with Crippen molar-refractivity contribution in [2.24, 2.45) is 11.8 Å². The van der Waals surface area contributed by atoms with Crippen LogP contribution in [0.3, 0.4) is 0 Å². The summed E-state index contributed by atoms with van der Waals surface area (Å²) in [7, 11) is 0. The van der Waals surface area contributed by atoms with Gasteiger partial charge >= 0.3 is 0 Å². The summed E-state index contributed by atoms with van der Waals surface area (Å²) in [4.78, 5) is 2.00. The van der Waals surface area contributed by atoms with Crippen molar-refractivity contribution in [1.29, 1.82) is 0 Å². The van der Waals surface area contributed by atoms with Gasteiger partial charge in [0.15, 0.2) is 5.82 Å². The number of nitrogens with zero attached hydrogens (tertiary/aromatic N) is 4. The lowest BCUT2D eigenvalue weighted by Gasteiger charge is -2.62. The second kappa shape index (κ2) is 4.69. The van der Waals surface area contributed by atoms with Crippen molar-refractivity contribution < 1.29 is 0 Å². The van der Waals surface area contributed by atoms with Gasteiger partial charge in [0.1, 0.15) is 0 Å². The molecule has 1 aromatic rings. The lowest BCUT2D eigenvalue weighted by molar-refractivity contribution is -0.0874. The minimum Gasteiger partial charge on any atom is -0.308 e. The molecule has 0 radical (unpaired) electrons. The van der Waals surface area contributed by atoms with Crippen molar-refractivity contribution in [2.45, 2.75) is 69.0 Å². The van der Waals surface area contributed by atoms with Crippen molar-refractivity contribution in [3.63, 3.8) is 0 Å². The zero-order chi connectivity index (χ0) is 14.8. The van der Waals surface area contributed by atoms with Crippen LogP contribution in [0.1, 0.15) is 50.8 Å². The van der Waals surface area contributed by atoms with Crippen molar-refractivity contribution in [3.8, 4) is 0 Å². The third-order valence-electron chi connectivity index (χ3n) is 6.41. The van der Waals surface area contributed by atoms with Crippen molar-refractivity contribution in [3.05, 3.63) is 5.82 Å². The molecule has 1 aliphatic heterocycles. The molecule has 3 atom stereocenters. The number of hydrogen-bond acceptors (Lipinski definition) is 5. The fourth-order valence-electron chi connectivity index (χ4n) is 6.18. The fourth-order valence-corrected chi connectivity index (χ4v) is 7.34. The van der Waals surface area contributed by atoms with E-state index < -0.39 is 0 Å². The highest BCUT2D eigenvalue weighted by molar-refractivity contribution is 7.99. The molecule has 3 unspecified atom stereocenters. The molecule has 1 N–H and O–H groups in total. The molecule has 5 nitrogen and oxygen atoms in total. The predicted molar refractivity (Wildman–Crippen MR) is 86.8 cm³/mol. The smallest absolute Gasteiger partial charge is 0.171 e. The zero-order valence-electron chi connectivity index (χ0n) is 13.3. The van der Waals surface area contributed by atoms with Crippen LogP contribution in [0.2, 0.25) is 0 Å². The highest BCUT2D eigenvalue weighted by atomic mass is 32.2. The Labute approximate surface area is 136 Å². The Morgan fingerprint density at radius 3 is 2.68 bits per heavy atom. The van der Waals surface area contributed by atoms with Crippen LogP contribution in [-0.4, -0.2) is 43.3 Å². The molecule has 5 fully saturated rings. The summed E-state index contributed by atoms with van der Waals surface area (Å²) < 4.78 is 0. The van der Waals surface area contributed by atoms with Crippen molar-refractivity contribution in [1.82, 2.24) is 25.5 Å². The minimum absolute atomic E-state index is 0.143. The molecule has 0 aromatic carbocycles. The van der Waals surface area contributed by atoms with Crippen LogP contribution in [0.15, 0.2) is 0 Å². The lowest BCUT2D eigenvalue weighted by Crippen LogP contribution is -2.66. The highest BCUT2D eigenvalue weighted by Gasteiger charge is 2.60. The van der Waals surface area contributed by atoms with Gasteiger partial charge in [0.05, 0.1) is 5.54 Å². The standard InChI is InChI=1S/C16H25N5S/c1-11-18-20-21(19-11)16-7-12-4-13(8-16)6-15(5-12,10-16)17-14-2-3-22-9-14/h12-14,17H,2-10H2,1H3. The van der Waals surface area contributed by atoms with Crippen LogP contribution in [0.4, 0.5) is 0 Å². The molecule has 0 spiro atoms. The third-order valence-corrected chi connectivity index (χ3v) is 7.57. The van der Waals surface area contributed by atoms with E-state index in [1.54, 1.807) is 0 Å². The topological polar surface area (TPSA) is 55.6 Å². The van der Waals surface area contributed by atoms with Gasteiger partial charge in [-0.05, 0) is 74.7 Å². The molecule has 1 saturated heterocycles. The van der Waals surface area contributed by atoms with Crippen LogP contribution in [0.25, 0.3) is 0 Å². The normalized spacial score (nSPS) is 46.5.